The molecule has 0 aromatic carbocycles. The van der Waals surface area contributed by atoms with Gasteiger partial charge in [0.2, 0.25) is 0 Å². The number of rotatable bonds is 12. The Labute approximate surface area is 128 Å². The molecule has 0 bridgehead atoms. The summed E-state index contributed by atoms with van der Waals surface area (Å²) in [5.74, 6) is 1.01. The van der Waals surface area contributed by atoms with Gasteiger partial charge in [0, 0.05) is 5.75 Å². The van der Waals surface area contributed by atoms with Gasteiger partial charge in [-0.05, 0) is 43.6 Å². The van der Waals surface area contributed by atoms with Crippen LogP contribution in [0.2, 0.25) is 0 Å². The Morgan fingerprint density at radius 2 is 2.00 bits per heavy atom. The van der Waals surface area contributed by atoms with Crippen molar-refractivity contribution in [1.82, 2.24) is 0 Å². The Balaban J connectivity index is 3.43. The van der Waals surface area contributed by atoms with Gasteiger partial charge in [0.25, 0.3) is 0 Å². The van der Waals surface area contributed by atoms with Crippen molar-refractivity contribution in [1.29, 1.82) is 0 Å². The molecule has 0 aliphatic heterocycles. The fourth-order valence-corrected chi connectivity index (χ4v) is 2.20. The quantitative estimate of drug-likeness (QED) is 0.310. The number of unbranched alkanes of at least 4 members (excludes halogenated alkanes) is 3. The molecule has 0 aliphatic rings. The van der Waals surface area contributed by atoms with Crippen molar-refractivity contribution in [3.8, 4) is 0 Å². The molecule has 0 aromatic heterocycles. The van der Waals surface area contributed by atoms with Crippen LogP contribution in [0.5, 0.6) is 0 Å². The second-order valence-corrected chi connectivity index (χ2v) is 6.03. The largest absolute Gasteiger partial charge is 0.481 e. The summed E-state index contributed by atoms with van der Waals surface area (Å²) in [7, 11) is 0. The van der Waals surface area contributed by atoms with Crippen molar-refractivity contribution in [2.75, 3.05) is 11.5 Å². The highest BCUT2D eigenvalue weighted by molar-refractivity contribution is 7.99. The van der Waals surface area contributed by atoms with Crippen molar-refractivity contribution >= 4 is 17.7 Å². The van der Waals surface area contributed by atoms with E-state index < -0.39 is 5.97 Å². The molecule has 0 radical (unpaired) electrons. The average Bonchev–Trinajstić information content (AvgIpc) is 2.43. The molecule has 0 spiro atoms. The molecule has 1 atom stereocenters. The van der Waals surface area contributed by atoms with E-state index >= 15 is 0 Å². The molecule has 0 aromatic rings. The number of carboxylic acids is 1. The molecule has 3 heteroatoms. The van der Waals surface area contributed by atoms with Gasteiger partial charge in [-0.15, -0.1) is 5.73 Å². The predicted octanol–water partition coefficient (Wildman–Crippen LogP) is 5.07. The van der Waals surface area contributed by atoms with Gasteiger partial charge in [0.05, 0.1) is 5.92 Å². The number of hydrogen-bond donors (Lipinski definition) is 1. The van der Waals surface area contributed by atoms with Crippen LogP contribution in [-0.4, -0.2) is 22.6 Å². The Morgan fingerprint density at radius 1 is 1.25 bits per heavy atom. The van der Waals surface area contributed by atoms with Crippen LogP contribution in [-0.2, 0) is 4.79 Å². The number of thioether (sulfide) groups is 1. The number of allylic oxidation sites excluding steroid dienone is 2. The minimum Gasteiger partial charge on any atom is -0.481 e. The highest BCUT2D eigenvalue weighted by Crippen LogP contribution is 2.05. The molecule has 1 unspecified atom stereocenters. The van der Waals surface area contributed by atoms with E-state index in [1.165, 1.54) is 25.7 Å². The molecule has 0 amide bonds. The molecule has 1 N–H and O–H groups in total. The standard InChI is InChI=1S/C17H28O2S/c1-3-4-5-6-7-8-11-14-20-15-12-9-10-13-16(2)17(18)19/h7-8,10,12,16H,3-6,11,13-15H2,1-2H3,(H,18,19)/b8-7-. The molecular formula is C17H28O2S. The lowest BCUT2D eigenvalue weighted by atomic mass is 10.1. The minimum atomic E-state index is -0.747. The SMILES string of the molecule is CCCCC/C=C\CCSCC=C=CCC(C)C(=O)O. The van der Waals surface area contributed by atoms with Gasteiger partial charge in [0.15, 0.2) is 0 Å². The van der Waals surface area contributed by atoms with Crippen LogP contribution in [0, 0.1) is 5.92 Å². The van der Waals surface area contributed by atoms with Gasteiger partial charge in [-0.1, -0.05) is 38.8 Å². The smallest absolute Gasteiger partial charge is 0.306 e. The summed E-state index contributed by atoms with van der Waals surface area (Å²) in [5.41, 5.74) is 3.04. The molecule has 2 nitrogen and oxygen atoms in total. The monoisotopic (exact) mass is 296 g/mol. The van der Waals surface area contributed by atoms with Gasteiger partial charge in [0.1, 0.15) is 0 Å². The van der Waals surface area contributed by atoms with Crippen LogP contribution in [0.15, 0.2) is 30.0 Å². The van der Waals surface area contributed by atoms with Crippen molar-refractivity contribution in [2.24, 2.45) is 5.92 Å². The summed E-state index contributed by atoms with van der Waals surface area (Å²) < 4.78 is 0. The first-order valence-corrected chi connectivity index (χ1v) is 8.68. The van der Waals surface area contributed by atoms with E-state index in [0.29, 0.717) is 6.42 Å². The first kappa shape index (κ1) is 19.1. The minimum absolute atomic E-state index is 0.318. The van der Waals surface area contributed by atoms with Crippen LogP contribution in [0.1, 0.15) is 52.4 Å². The lowest BCUT2D eigenvalue weighted by Gasteiger charge is -1.98. The number of aliphatic carboxylic acids is 1. The Kier molecular flexibility index (Phi) is 13.8. The average molecular weight is 296 g/mol. The van der Waals surface area contributed by atoms with E-state index in [9.17, 15) is 4.79 Å². The Bertz CT molecular complexity index is 328. The van der Waals surface area contributed by atoms with Crippen LogP contribution in [0.4, 0.5) is 0 Å². The second-order valence-electron chi connectivity index (χ2n) is 4.88. The summed E-state index contributed by atoms with van der Waals surface area (Å²) in [4.78, 5) is 10.6. The topological polar surface area (TPSA) is 37.3 Å². The zero-order chi connectivity index (χ0) is 15.1. The first-order chi connectivity index (χ1) is 9.68. The third-order valence-electron chi connectivity index (χ3n) is 2.90. The van der Waals surface area contributed by atoms with Crippen LogP contribution in [0.3, 0.4) is 0 Å². The molecule has 0 fully saturated rings. The normalized spacial score (nSPS) is 12.1. The van der Waals surface area contributed by atoms with E-state index in [1.54, 1.807) is 6.92 Å². The van der Waals surface area contributed by atoms with E-state index in [2.05, 4.69) is 24.8 Å². The zero-order valence-corrected chi connectivity index (χ0v) is 13.6. The molecule has 0 rings (SSSR count). The van der Waals surface area contributed by atoms with Crippen LogP contribution >= 0.6 is 11.8 Å². The summed E-state index contributed by atoms with van der Waals surface area (Å²) >= 11 is 1.88. The lowest BCUT2D eigenvalue weighted by molar-refractivity contribution is -0.140. The second kappa shape index (κ2) is 14.5. The van der Waals surface area contributed by atoms with E-state index in [1.807, 2.05) is 23.9 Å². The van der Waals surface area contributed by atoms with E-state index in [4.69, 9.17) is 5.11 Å². The Hall–Kier alpha value is -0.920. The van der Waals surface area contributed by atoms with Crippen molar-refractivity contribution in [3.05, 3.63) is 30.0 Å². The van der Waals surface area contributed by atoms with Crippen LogP contribution in [0.25, 0.3) is 0 Å². The molecule has 0 heterocycles. The van der Waals surface area contributed by atoms with Crippen molar-refractivity contribution in [3.63, 3.8) is 0 Å². The predicted molar refractivity (Wildman–Crippen MR) is 89.3 cm³/mol. The van der Waals surface area contributed by atoms with E-state index in [-0.39, 0.29) is 5.92 Å². The van der Waals surface area contributed by atoms with Gasteiger partial charge in [-0.3, -0.25) is 4.79 Å². The fraction of sp³-hybridized carbons (Fsp3) is 0.647. The third-order valence-corrected chi connectivity index (χ3v) is 3.83. The van der Waals surface area contributed by atoms with Crippen molar-refractivity contribution in [2.45, 2.75) is 52.4 Å². The number of hydrogen-bond acceptors (Lipinski definition) is 2. The summed E-state index contributed by atoms with van der Waals surface area (Å²) in [5, 5.41) is 8.70. The molecule has 0 saturated carbocycles. The maximum absolute atomic E-state index is 10.6. The summed E-state index contributed by atoms with van der Waals surface area (Å²) in [6.07, 6.45) is 15.2. The highest BCUT2D eigenvalue weighted by Gasteiger charge is 2.06. The maximum Gasteiger partial charge on any atom is 0.306 e. The molecule has 0 saturated heterocycles. The zero-order valence-electron chi connectivity index (χ0n) is 12.8. The number of carboxylic acid groups (broad SMARTS) is 1. The summed E-state index contributed by atoms with van der Waals surface area (Å²) in [6, 6.07) is 0. The fourth-order valence-electron chi connectivity index (χ4n) is 1.52. The van der Waals surface area contributed by atoms with Gasteiger partial charge in [-0.2, -0.15) is 11.8 Å². The lowest BCUT2D eigenvalue weighted by Crippen LogP contribution is -2.07. The van der Waals surface area contributed by atoms with Crippen molar-refractivity contribution < 1.29 is 9.90 Å². The highest BCUT2D eigenvalue weighted by atomic mass is 32.2. The van der Waals surface area contributed by atoms with Crippen LogP contribution < -0.4 is 0 Å². The first-order valence-electron chi connectivity index (χ1n) is 7.53. The van der Waals surface area contributed by atoms with Gasteiger partial charge < -0.3 is 5.11 Å². The van der Waals surface area contributed by atoms with Gasteiger partial charge >= 0.3 is 5.97 Å². The summed E-state index contributed by atoms with van der Waals surface area (Å²) in [6.45, 7) is 3.94. The van der Waals surface area contributed by atoms with Gasteiger partial charge in [-0.25, -0.2) is 0 Å². The molecule has 20 heavy (non-hydrogen) atoms. The van der Waals surface area contributed by atoms with E-state index in [0.717, 1.165) is 17.9 Å². The molecule has 114 valence electrons. The third kappa shape index (κ3) is 13.5. The molecule has 0 aliphatic carbocycles. The Morgan fingerprint density at radius 3 is 2.70 bits per heavy atom. The molecular weight excluding hydrogens is 268 g/mol. The number of carbonyl (C=O) groups is 1. The maximum atomic E-state index is 10.6.